The molecule has 0 saturated carbocycles. The summed E-state index contributed by atoms with van der Waals surface area (Å²) in [6.45, 7) is 6.63. The summed E-state index contributed by atoms with van der Waals surface area (Å²) in [5, 5.41) is 18.0. The third-order valence-corrected chi connectivity index (χ3v) is 3.97. The maximum Gasteiger partial charge on any atom is 0.320 e. The second kappa shape index (κ2) is 8.84. The van der Waals surface area contributed by atoms with Gasteiger partial charge in [0.2, 0.25) is 0 Å². The average molecular weight is 301 g/mol. The Bertz CT molecular complexity index is 339. The van der Waals surface area contributed by atoms with Crippen molar-refractivity contribution in [1.29, 1.82) is 0 Å². The topological polar surface area (TPSA) is 84.3 Å². The predicted molar refractivity (Wildman–Crippen MR) is 79.2 cm³/mol. The van der Waals surface area contributed by atoms with Gasteiger partial charge >= 0.3 is 12.0 Å². The van der Waals surface area contributed by atoms with Gasteiger partial charge in [-0.25, -0.2) is 4.79 Å². The lowest BCUT2D eigenvalue weighted by atomic mass is 10.1. The number of piperazine rings is 1. The number of amides is 2. The Balaban J connectivity index is 2.58. The van der Waals surface area contributed by atoms with Gasteiger partial charge in [0.25, 0.3) is 0 Å². The van der Waals surface area contributed by atoms with Crippen LogP contribution >= 0.6 is 0 Å². The van der Waals surface area contributed by atoms with Crippen molar-refractivity contribution < 1.29 is 19.8 Å². The van der Waals surface area contributed by atoms with Gasteiger partial charge in [0, 0.05) is 38.8 Å². The third-order valence-electron chi connectivity index (χ3n) is 3.97. The number of urea groups is 1. The van der Waals surface area contributed by atoms with Crippen molar-refractivity contribution in [3.8, 4) is 0 Å². The average Bonchev–Trinajstić information content (AvgIpc) is 2.47. The summed E-state index contributed by atoms with van der Waals surface area (Å²) >= 11 is 0. The first-order valence-electron chi connectivity index (χ1n) is 7.64. The van der Waals surface area contributed by atoms with Crippen LogP contribution < -0.4 is 0 Å². The quantitative estimate of drug-likeness (QED) is 0.706. The molecule has 0 aromatic rings. The minimum absolute atomic E-state index is 0.0227. The maximum absolute atomic E-state index is 12.6. The van der Waals surface area contributed by atoms with Crippen molar-refractivity contribution in [2.45, 2.75) is 32.7 Å². The van der Waals surface area contributed by atoms with Crippen LogP contribution in [0, 0.1) is 0 Å². The molecule has 0 aliphatic carbocycles. The lowest BCUT2D eigenvalue weighted by Crippen LogP contribution is -2.55. The fourth-order valence-corrected chi connectivity index (χ4v) is 2.74. The van der Waals surface area contributed by atoms with E-state index in [0.717, 1.165) is 12.8 Å². The van der Waals surface area contributed by atoms with E-state index in [1.165, 1.54) is 0 Å². The Morgan fingerprint density at radius 3 is 2.14 bits per heavy atom. The van der Waals surface area contributed by atoms with Crippen molar-refractivity contribution in [2.24, 2.45) is 0 Å². The summed E-state index contributed by atoms with van der Waals surface area (Å²) in [4.78, 5) is 28.6. The summed E-state index contributed by atoms with van der Waals surface area (Å²) in [6, 6.07) is 0.0921. The molecule has 0 unspecified atom stereocenters. The molecule has 1 heterocycles. The van der Waals surface area contributed by atoms with Gasteiger partial charge in [-0.1, -0.05) is 13.8 Å². The largest absolute Gasteiger partial charge is 0.480 e. The fraction of sp³-hybridized carbons (Fsp3) is 0.857. The van der Waals surface area contributed by atoms with E-state index in [-0.39, 0.29) is 25.2 Å². The van der Waals surface area contributed by atoms with Crippen LogP contribution in [-0.2, 0) is 4.79 Å². The van der Waals surface area contributed by atoms with Crippen LogP contribution in [0.2, 0.25) is 0 Å². The first-order valence-corrected chi connectivity index (χ1v) is 7.64. The third kappa shape index (κ3) is 5.17. The number of carboxylic acids is 1. The number of rotatable bonds is 7. The number of aliphatic hydroxyl groups excluding tert-OH is 1. The monoisotopic (exact) mass is 301 g/mol. The van der Waals surface area contributed by atoms with E-state index in [1.807, 2.05) is 18.7 Å². The molecule has 0 spiro atoms. The molecule has 0 aromatic heterocycles. The second-order valence-corrected chi connectivity index (χ2v) is 5.33. The summed E-state index contributed by atoms with van der Waals surface area (Å²) < 4.78 is 0. The van der Waals surface area contributed by atoms with Gasteiger partial charge in [-0.2, -0.15) is 0 Å². The Morgan fingerprint density at radius 1 is 1.14 bits per heavy atom. The van der Waals surface area contributed by atoms with Crippen LogP contribution in [0.1, 0.15) is 26.7 Å². The zero-order chi connectivity index (χ0) is 15.8. The zero-order valence-corrected chi connectivity index (χ0v) is 13.0. The molecule has 1 rings (SSSR count). The van der Waals surface area contributed by atoms with Crippen LogP contribution in [0.5, 0.6) is 0 Å². The molecule has 21 heavy (non-hydrogen) atoms. The number of aliphatic carboxylic acids is 1. The van der Waals surface area contributed by atoms with Gasteiger partial charge in [-0.05, 0) is 12.8 Å². The number of hydrogen-bond donors (Lipinski definition) is 2. The van der Waals surface area contributed by atoms with Gasteiger partial charge < -0.3 is 20.0 Å². The number of nitrogens with zero attached hydrogens (tertiary/aromatic N) is 3. The molecule has 0 aromatic carbocycles. The molecule has 0 bridgehead atoms. The Morgan fingerprint density at radius 2 is 1.71 bits per heavy atom. The molecular weight excluding hydrogens is 274 g/mol. The summed E-state index contributed by atoms with van der Waals surface area (Å²) in [7, 11) is 0. The van der Waals surface area contributed by atoms with E-state index in [1.54, 1.807) is 9.80 Å². The smallest absolute Gasteiger partial charge is 0.320 e. The summed E-state index contributed by atoms with van der Waals surface area (Å²) in [6.07, 6.45) is 1.72. The molecule has 122 valence electrons. The predicted octanol–water partition coefficient (Wildman–Crippen LogP) is 0.292. The normalized spacial score (nSPS) is 16.3. The number of carbonyl (C=O) groups excluding carboxylic acids is 1. The minimum atomic E-state index is -0.839. The van der Waals surface area contributed by atoms with Gasteiger partial charge in [0.05, 0.1) is 13.2 Å². The number of carboxylic acid groups (broad SMARTS) is 1. The first-order chi connectivity index (χ1) is 10.0. The lowest BCUT2D eigenvalue weighted by Gasteiger charge is -2.39. The zero-order valence-electron chi connectivity index (χ0n) is 13.0. The van der Waals surface area contributed by atoms with E-state index in [9.17, 15) is 14.7 Å². The first kappa shape index (κ1) is 17.7. The van der Waals surface area contributed by atoms with E-state index < -0.39 is 5.97 Å². The van der Waals surface area contributed by atoms with Crippen molar-refractivity contribution >= 4 is 12.0 Å². The standard InChI is InChI=1S/C14H27N3O4/c1-3-12(4-2)17(9-10-18)14(21)16-7-5-15(6-8-16)11-13(19)20/h12,18H,3-11H2,1-2H3,(H,19,20). The highest BCUT2D eigenvalue weighted by Gasteiger charge is 2.28. The van der Waals surface area contributed by atoms with E-state index >= 15 is 0 Å². The molecule has 0 atom stereocenters. The van der Waals surface area contributed by atoms with Gasteiger partial charge in [0.15, 0.2) is 0 Å². The molecule has 1 saturated heterocycles. The maximum atomic E-state index is 12.6. The number of hydrogen-bond acceptors (Lipinski definition) is 4. The molecule has 7 heteroatoms. The summed E-state index contributed by atoms with van der Waals surface area (Å²) in [5.74, 6) is -0.839. The van der Waals surface area contributed by atoms with Crippen molar-refractivity contribution in [3.63, 3.8) is 0 Å². The van der Waals surface area contributed by atoms with Crippen LogP contribution in [0.15, 0.2) is 0 Å². The number of aliphatic hydroxyl groups is 1. The molecule has 1 aliphatic heterocycles. The van der Waals surface area contributed by atoms with Gasteiger partial charge in [0.1, 0.15) is 0 Å². The molecule has 0 radical (unpaired) electrons. The molecule has 7 nitrogen and oxygen atoms in total. The number of carbonyl (C=O) groups is 2. The van der Waals surface area contributed by atoms with Crippen LogP contribution in [0.4, 0.5) is 4.79 Å². The van der Waals surface area contributed by atoms with Crippen LogP contribution in [-0.4, -0.2) is 88.8 Å². The molecular formula is C14H27N3O4. The Kier molecular flexibility index (Phi) is 7.45. The highest BCUT2D eigenvalue weighted by molar-refractivity contribution is 5.75. The minimum Gasteiger partial charge on any atom is -0.480 e. The van der Waals surface area contributed by atoms with Crippen molar-refractivity contribution in [2.75, 3.05) is 45.9 Å². The highest BCUT2D eigenvalue weighted by atomic mass is 16.4. The second-order valence-electron chi connectivity index (χ2n) is 5.33. The SMILES string of the molecule is CCC(CC)N(CCO)C(=O)N1CCN(CC(=O)O)CC1. The van der Waals surface area contributed by atoms with E-state index in [0.29, 0.717) is 32.7 Å². The van der Waals surface area contributed by atoms with Gasteiger partial charge in [-0.15, -0.1) is 0 Å². The molecule has 1 fully saturated rings. The summed E-state index contributed by atoms with van der Waals surface area (Å²) in [5.41, 5.74) is 0. The van der Waals surface area contributed by atoms with Crippen molar-refractivity contribution in [1.82, 2.24) is 14.7 Å². The Hall–Kier alpha value is -1.34. The van der Waals surface area contributed by atoms with Crippen LogP contribution in [0.3, 0.4) is 0 Å². The van der Waals surface area contributed by atoms with Crippen LogP contribution in [0.25, 0.3) is 0 Å². The van der Waals surface area contributed by atoms with E-state index in [4.69, 9.17) is 5.11 Å². The lowest BCUT2D eigenvalue weighted by molar-refractivity contribution is -0.138. The highest BCUT2D eigenvalue weighted by Crippen LogP contribution is 2.13. The fourth-order valence-electron chi connectivity index (χ4n) is 2.74. The van der Waals surface area contributed by atoms with Crippen molar-refractivity contribution in [3.05, 3.63) is 0 Å². The molecule has 2 amide bonds. The molecule has 2 N–H and O–H groups in total. The molecule has 1 aliphatic rings. The Labute approximate surface area is 126 Å². The van der Waals surface area contributed by atoms with E-state index in [2.05, 4.69) is 0 Å². The van der Waals surface area contributed by atoms with Gasteiger partial charge in [-0.3, -0.25) is 9.69 Å².